The molecule has 0 saturated carbocycles. The fourth-order valence-electron chi connectivity index (χ4n) is 7.27. The van der Waals surface area contributed by atoms with Crippen LogP contribution in [-0.2, 0) is 0 Å². The predicted octanol–water partition coefficient (Wildman–Crippen LogP) is 9.74. The second kappa shape index (κ2) is 10.6. The van der Waals surface area contributed by atoms with Gasteiger partial charge >= 0.3 is 0 Å². The van der Waals surface area contributed by atoms with Crippen LogP contribution in [0, 0.1) is 0 Å². The Kier molecular flexibility index (Phi) is 6.13. The van der Waals surface area contributed by atoms with E-state index in [1.807, 2.05) is 36.4 Å². The van der Waals surface area contributed by atoms with Gasteiger partial charge in [0.25, 0.3) is 0 Å². The highest BCUT2D eigenvalue weighted by Crippen LogP contribution is 2.55. The van der Waals surface area contributed by atoms with Gasteiger partial charge in [0.2, 0.25) is 17.2 Å². The third-order valence-electron chi connectivity index (χ3n) is 9.47. The topological polar surface area (TPSA) is 111 Å². The molecular formula is C42H28N2O5. The zero-order chi connectivity index (χ0) is 33.4. The molecule has 0 aliphatic carbocycles. The van der Waals surface area contributed by atoms with Crippen LogP contribution in [-0.4, -0.2) is 34.7 Å². The second-order valence-electron chi connectivity index (χ2n) is 12.1. The van der Waals surface area contributed by atoms with Crippen molar-refractivity contribution in [2.24, 2.45) is 0 Å². The number of aromatic hydroxyl groups is 5. The smallest absolute Gasteiger partial charge is 0.208 e. The summed E-state index contributed by atoms with van der Waals surface area (Å²) in [5.74, 6) is -4.30. The maximum Gasteiger partial charge on any atom is 0.208 e. The van der Waals surface area contributed by atoms with Crippen LogP contribution in [0.25, 0.3) is 77.2 Å². The molecule has 0 atom stereocenters. The van der Waals surface area contributed by atoms with Crippen molar-refractivity contribution in [3.63, 3.8) is 0 Å². The van der Waals surface area contributed by atoms with Crippen molar-refractivity contribution in [2.45, 2.75) is 0 Å². The lowest BCUT2D eigenvalue weighted by atomic mass is 10.0. The molecule has 0 amide bonds. The highest BCUT2D eigenvalue weighted by Gasteiger charge is 2.25. The van der Waals surface area contributed by atoms with Crippen molar-refractivity contribution in [3.8, 4) is 62.4 Å². The van der Waals surface area contributed by atoms with Gasteiger partial charge in [0.1, 0.15) is 0 Å². The molecule has 0 saturated heterocycles. The zero-order valence-corrected chi connectivity index (χ0v) is 25.9. The third kappa shape index (κ3) is 4.09. The molecule has 2 aromatic heterocycles. The average Bonchev–Trinajstić information content (AvgIpc) is 3.67. The van der Waals surface area contributed by atoms with Gasteiger partial charge in [0.05, 0.1) is 27.6 Å². The van der Waals surface area contributed by atoms with Crippen molar-refractivity contribution in [2.75, 3.05) is 0 Å². The van der Waals surface area contributed by atoms with Crippen LogP contribution in [0.2, 0.25) is 0 Å². The monoisotopic (exact) mass is 640 g/mol. The van der Waals surface area contributed by atoms with Crippen LogP contribution >= 0.6 is 0 Å². The van der Waals surface area contributed by atoms with Gasteiger partial charge in [-0.2, -0.15) is 0 Å². The number of hydrogen-bond acceptors (Lipinski definition) is 5. The first kappa shape index (κ1) is 28.4. The number of phenols is 5. The van der Waals surface area contributed by atoms with Gasteiger partial charge in [-0.05, 0) is 65.2 Å². The number of rotatable bonds is 4. The Hall–Kier alpha value is -6.86. The van der Waals surface area contributed by atoms with Gasteiger partial charge in [-0.25, -0.2) is 0 Å². The summed E-state index contributed by atoms with van der Waals surface area (Å²) in [6, 6.07) is 47.0. The van der Waals surface area contributed by atoms with Crippen LogP contribution in [0.5, 0.6) is 28.7 Å². The largest absolute Gasteiger partial charge is 0.504 e. The summed E-state index contributed by atoms with van der Waals surface area (Å²) in [4.78, 5) is 0. The molecule has 7 nitrogen and oxygen atoms in total. The van der Waals surface area contributed by atoms with E-state index in [1.54, 1.807) is 18.2 Å². The number of phenolic OH excluding ortho intramolecular Hbond substituents is 5. The van der Waals surface area contributed by atoms with Crippen LogP contribution in [0.4, 0.5) is 0 Å². The lowest BCUT2D eigenvalue weighted by Crippen LogP contribution is -1.95. The van der Waals surface area contributed by atoms with E-state index >= 15 is 0 Å². The standard InChI is InChI=1S/C42H28N2O5/c45-38-35(39(46)41(48)42(49)40(38)47)26-11-8-12-28(23-26)44-32-16-7-5-14-30(32)37-34(44)22-21-33-36(37)29-13-4-6-15-31(29)43(33)27-19-17-25(18-20-27)24-9-2-1-3-10-24/h1-23,45-49H. The number of fused-ring (bicyclic) bond motifs is 7. The van der Waals surface area contributed by atoms with E-state index in [9.17, 15) is 25.5 Å². The Labute approximate surface area is 279 Å². The van der Waals surface area contributed by atoms with E-state index in [0.717, 1.165) is 60.5 Å². The number of hydrogen-bond donors (Lipinski definition) is 5. The van der Waals surface area contributed by atoms with E-state index in [2.05, 4.69) is 94.1 Å². The molecule has 0 fully saturated rings. The third-order valence-corrected chi connectivity index (χ3v) is 9.47. The van der Waals surface area contributed by atoms with E-state index in [4.69, 9.17) is 0 Å². The number of benzene rings is 7. The fraction of sp³-hybridized carbons (Fsp3) is 0. The van der Waals surface area contributed by atoms with Crippen LogP contribution in [0.1, 0.15) is 0 Å². The highest BCUT2D eigenvalue weighted by molar-refractivity contribution is 6.28. The highest BCUT2D eigenvalue weighted by atomic mass is 16.4. The van der Waals surface area contributed by atoms with E-state index < -0.39 is 28.7 Å². The maximum atomic E-state index is 10.7. The van der Waals surface area contributed by atoms with E-state index in [0.29, 0.717) is 5.56 Å². The summed E-state index contributed by atoms with van der Waals surface area (Å²) in [6.45, 7) is 0. The van der Waals surface area contributed by atoms with Crippen molar-refractivity contribution < 1.29 is 25.5 Å². The van der Waals surface area contributed by atoms with Crippen LogP contribution in [0.3, 0.4) is 0 Å². The number of para-hydroxylation sites is 2. The lowest BCUT2D eigenvalue weighted by molar-refractivity contribution is 0.330. The molecule has 0 unspecified atom stereocenters. The summed E-state index contributed by atoms with van der Waals surface area (Å²) in [5.41, 5.74) is 8.32. The molecule has 49 heavy (non-hydrogen) atoms. The Morgan fingerprint density at radius 2 is 0.796 bits per heavy atom. The van der Waals surface area contributed by atoms with Gasteiger partial charge in [-0.1, -0.05) is 91.0 Å². The molecule has 7 heteroatoms. The lowest BCUT2D eigenvalue weighted by Gasteiger charge is -2.14. The molecule has 0 aliphatic rings. The molecule has 9 aromatic rings. The molecule has 236 valence electrons. The Morgan fingerprint density at radius 1 is 0.327 bits per heavy atom. The molecule has 0 radical (unpaired) electrons. The van der Waals surface area contributed by atoms with Crippen molar-refractivity contribution >= 4 is 43.6 Å². The van der Waals surface area contributed by atoms with Gasteiger partial charge in [-0.15, -0.1) is 0 Å². The van der Waals surface area contributed by atoms with Gasteiger partial charge in [0.15, 0.2) is 11.5 Å². The minimum atomic E-state index is -0.993. The molecule has 0 aliphatic heterocycles. The predicted molar refractivity (Wildman–Crippen MR) is 194 cm³/mol. The normalized spacial score (nSPS) is 11.7. The Balaban J connectivity index is 1.30. The molecule has 2 heterocycles. The van der Waals surface area contributed by atoms with Crippen molar-refractivity contribution in [1.82, 2.24) is 9.13 Å². The number of nitrogens with zero attached hydrogens (tertiary/aromatic N) is 2. The van der Waals surface area contributed by atoms with E-state index in [-0.39, 0.29) is 5.56 Å². The van der Waals surface area contributed by atoms with Crippen molar-refractivity contribution in [1.29, 1.82) is 0 Å². The minimum Gasteiger partial charge on any atom is -0.504 e. The molecule has 0 spiro atoms. The minimum absolute atomic E-state index is 0.195. The molecule has 7 aromatic carbocycles. The molecule has 9 rings (SSSR count). The average molecular weight is 641 g/mol. The molecule has 5 N–H and O–H groups in total. The summed E-state index contributed by atoms with van der Waals surface area (Å²) < 4.78 is 4.43. The van der Waals surface area contributed by atoms with Gasteiger partial charge in [0, 0.05) is 32.9 Å². The summed E-state index contributed by atoms with van der Waals surface area (Å²) in [7, 11) is 0. The Morgan fingerprint density at radius 3 is 1.39 bits per heavy atom. The summed E-state index contributed by atoms with van der Waals surface area (Å²) in [5, 5.41) is 56.2. The van der Waals surface area contributed by atoms with Gasteiger partial charge in [-0.3, -0.25) is 0 Å². The van der Waals surface area contributed by atoms with Gasteiger partial charge < -0.3 is 34.7 Å². The molecule has 0 bridgehead atoms. The summed E-state index contributed by atoms with van der Waals surface area (Å²) >= 11 is 0. The maximum absolute atomic E-state index is 10.7. The Bertz CT molecular complexity index is 2730. The van der Waals surface area contributed by atoms with E-state index in [1.165, 1.54) is 5.56 Å². The first-order valence-electron chi connectivity index (χ1n) is 15.8. The SMILES string of the molecule is Oc1c(O)c(O)c(-c2cccc(-n3c4ccccc4c4c5c6ccccc6n(-c6ccc(-c7ccccc7)cc6)c5ccc43)c2)c(O)c1O. The number of aromatic nitrogens is 2. The summed E-state index contributed by atoms with van der Waals surface area (Å²) in [6.07, 6.45) is 0. The first-order valence-corrected chi connectivity index (χ1v) is 15.8. The van der Waals surface area contributed by atoms with Crippen LogP contribution < -0.4 is 0 Å². The first-order chi connectivity index (χ1) is 23.9. The van der Waals surface area contributed by atoms with Crippen molar-refractivity contribution in [3.05, 3.63) is 140 Å². The quantitative estimate of drug-likeness (QED) is 0.0972. The second-order valence-corrected chi connectivity index (χ2v) is 12.1. The fourth-order valence-corrected chi connectivity index (χ4v) is 7.27. The zero-order valence-electron chi connectivity index (χ0n) is 25.9. The van der Waals surface area contributed by atoms with Crippen LogP contribution in [0.15, 0.2) is 140 Å². The molecular weight excluding hydrogens is 612 g/mol.